The topological polar surface area (TPSA) is 106 Å². The van der Waals surface area contributed by atoms with Gasteiger partial charge in [-0.1, -0.05) is 29.4 Å². The lowest BCUT2D eigenvalue weighted by molar-refractivity contribution is 0.100. The molecule has 0 fully saturated rings. The highest BCUT2D eigenvalue weighted by molar-refractivity contribution is 6.58. The lowest BCUT2D eigenvalue weighted by atomic mass is 9.79. The minimum atomic E-state index is -1.61. The van der Waals surface area contributed by atoms with Crippen molar-refractivity contribution >= 4 is 18.4 Å². The molecule has 0 unspecified atom stereocenters. The van der Waals surface area contributed by atoms with Gasteiger partial charge >= 0.3 is 7.12 Å². The molecule has 0 aliphatic heterocycles. The fourth-order valence-electron chi connectivity index (χ4n) is 1.06. The van der Waals surface area contributed by atoms with E-state index in [9.17, 15) is 4.79 Å². The first-order valence-electron chi connectivity index (χ1n) is 4.15. The van der Waals surface area contributed by atoms with Crippen LogP contribution in [-0.2, 0) is 0 Å². The van der Waals surface area contributed by atoms with Crippen LogP contribution < -0.4 is 5.46 Å². The highest BCUT2D eigenvalue weighted by Gasteiger charge is 2.12. The molecule has 0 saturated heterocycles. The lowest BCUT2D eigenvalue weighted by Gasteiger charge is -2.01. The van der Waals surface area contributed by atoms with Gasteiger partial charge in [0, 0.05) is 10.5 Å². The van der Waals surface area contributed by atoms with E-state index in [1.165, 1.54) is 24.3 Å². The Morgan fingerprint density at radius 3 is 2.87 bits per heavy atom. The van der Waals surface area contributed by atoms with Crippen LogP contribution in [0.4, 0.5) is 0 Å². The Balaban J connectivity index is 2.90. The van der Waals surface area contributed by atoms with Crippen LogP contribution in [0.2, 0.25) is 0 Å². The Morgan fingerprint density at radius 1 is 1.53 bits per heavy atom. The van der Waals surface area contributed by atoms with E-state index < -0.39 is 7.12 Å². The zero-order chi connectivity index (χ0) is 11.3. The Labute approximate surface area is 85.9 Å². The molecule has 0 aliphatic rings. The molecule has 7 heteroatoms. The number of nitrogens with zero attached hydrogens (tertiary/aromatic N) is 3. The molecule has 0 saturated carbocycles. The maximum Gasteiger partial charge on any atom is 0.488 e. The minimum Gasteiger partial charge on any atom is -0.423 e. The summed E-state index contributed by atoms with van der Waals surface area (Å²) in [7, 11) is -1.61. The second kappa shape index (κ2) is 5.16. The molecule has 0 amide bonds. The van der Waals surface area contributed by atoms with Crippen molar-refractivity contribution in [2.45, 2.75) is 0 Å². The van der Waals surface area contributed by atoms with E-state index in [4.69, 9.17) is 15.6 Å². The van der Waals surface area contributed by atoms with E-state index in [2.05, 4.69) is 10.0 Å². The van der Waals surface area contributed by atoms with Crippen LogP contribution in [0.25, 0.3) is 10.4 Å². The first kappa shape index (κ1) is 11.3. The zero-order valence-corrected chi connectivity index (χ0v) is 7.74. The van der Waals surface area contributed by atoms with E-state index in [0.29, 0.717) is 0 Å². The highest BCUT2D eigenvalue weighted by Crippen LogP contribution is 1.99. The zero-order valence-electron chi connectivity index (χ0n) is 7.74. The Morgan fingerprint density at radius 2 is 2.27 bits per heavy atom. The van der Waals surface area contributed by atoms with Crippen molar-refractivity contribution < 1.29 is 14.8 Å². The van der Waals surface area contributed by atoms with Crippen molar-refractivity contribution in [3.05, 3.63) is 40.3 Å². The van der Waals surface area contributed by atoms with Gasteiger partial charge in [-0.15, -0.1) is 0 Å². The molecule has 0 bridgehead atoms. The fraction of sp³-hybridized carbons (Fsp3) is 0.125. The number of rotatable bonds is 4. The van der Waals surface area contributed by atoms with Gasteiger partial charge in [0.25, 0.3) is 0 Å². The summed E-state index contributed by atoms with van der Waals surface area (Å²) >= 11 is 0. The summed E-state index contributed by atoms with van der Waals surface area (Å²) in [5, 5.41) is 20.9. The maximum absolute atomic E-state index is 11.4. The van der Waals surface area contributed by atoms with Gasteiger partial charge in [-0.25, -0.2) is 0 Å². The number of carbonyl (C=O) groups is 1. The summed E-state index contributed by atoms with van der Waals surface area (Å²) in [6, 6.07) is 5.87. The molecule has 0 spiro atoms. The number of Topliss-reactive ketones (excluding diaryl/α,β-unsaturated/α-hetero) is 1. The smallest absolute Gasteiger partial charge is 0.423 e. The molecule has 15 heavy (non-hydrogen) atoms. The van der Waals surface area contributed by atoms with Crippen LogP contribution in [0.1, 0.15) is 10.4 Å². The molecule has 76 valence electrons. The highest BCUT2D eigenvalue weighted by atomic mass is 16.4. The summed E-state index contributed by atoms with van der Waals surface area (Å²) in [5.74, 6) is -0.365. The quantitative estimate of drug-likeness (QED) is 0.235. The molecule has 0 radical (unpaired) electrons. The molecule has 1 aromatic carbocycles. The number of carbonyl (C=O) groups excluding carboxylic acids is 1. The molecule has 1 aromatic rings. The van der Waals surface area contributed by atoms with Crippen LogP contribution in [0.3, 0.4) is 0 Å². The Kier molecular flexibility index (Phi) is 3.87. The van der Waals surface area contributed by atoms with Crippen molar-refractivity contribution in [3.8, 4) is 0 Å². The number of hydrogen-bond acceptors (Lipinski definition) is 4. The Hall–Kier alpha value is -1.82. The van der Waals surface area contributed by atoms with Gasteiger partial charge in [0.1, 0.15) is 0 Å². The van der Waals surface area contributed by atoms with Gasteiger partial charge in [0.2, 0.25) is 0 Å². The van der Waals surface area contributed by atoms with Crippen molar-refractivity contribution in [2.75, 3.05) is 6.54 Å². The van der Waals surface area contributed by atoms with Gasteiger partial charge < -0.3 is 10.0 Å². The molecule has 0 aromatic heterocycles. The third-order valence-corrected chi connectivity index (χ3v) is 1.78. The molecule has 6 nitrogen and oxygen atoms in total. The molecular weight excluding hydrogens is 197 g/mol. The standard InChI is InChI=1S/C8H8BN3O3/c10-12-11-5-8(13)6-2-1-3-7(4-6)9(14)15/h1-4,14-15H,5H2. The largest absolute Gasteiger partial charge is 0.488 e. The van der Waals surface area contributed by atoms with Gasteiger partial charge in [-0.2, -0.15) is 0 Å². The van der Waals surface area contributed by atoms with Crippen molar-refractivity contribution in [3.63, 3.8) is 0 Å². The molecule has 0 atom stereocenters. The molecule has 0 heterocycles. The molecular formula is C8H8BN3O3. The molecule has 1 rings (SSSR count). The number of ketones is 1. The second-order valence-corrected chi connectivity index (χ2v) is 2.81. The summed E-state index contributed by atoms with van der Waals surface area (Å²) in [5.41, 5.74) is 8.54. The average molecular weight is 205 g/mol. The Bertz CT molecular complexity index is 415. The van der Waals surface area contributed by atoms with E-state index in [-0.39, 0.29) is 23.4 Å². The van der Waals surface area contributed by atoms with Crippen LogP contribution in [0, 0.1) is 0 Å². The van der Waals surface area contributed by atoms with E-state index in [0.717, 1.165) is 0 Å². The van der Waals surface area contributed by atoms with Crippen molar-refractivity contribution in [1.82, 2.24) is 0 Å². The van der Waals surface area contributed by atoms with E-state index >= 15 is 0 Å². The first-order valence-corrected chi connectivity index (χ1v) is 4.15. The molecule has 2 N–H and O–H groups in total. The summed E-state index contributed by atoms with van der Waals surface area (Å²) < 4.78 is 0. The normalized spacial score (nSPS) is 9.20. The van der Waals surface area contributed by atoms with Crippen LogP contribution in [0.15, 0.2) is 29.4 Å². The van der Waals surface area contributed by atoms with Crippen molar-refractivity contribution in [1.29, 1.82) is 0 Å². The predicted molar refractivity (Wildman–Crippen MR) is 54.6 cm³/mol. The minimum absolute atomic E-state index is 0.224. The second-order valence-electron chi connectivity index (χ2n) is 2.81. The summed E-state index contributed by atoms with van der Waals surface area (Å²) in [6.45, 7) is -0.276. The third-order valence-electron chi connectivity index (χ3n) is 1.78. The van der Waals surface area contributed by atoms with Gasteiger partial charge in [0.05, 0.1) is 6.54 Å². The van der Waals surface area contributed by atoms with Crippen LogP contribution in [0.5, 0.6) is 0 Å². The fourth-order valence-corrected chi connectivity index (χ4v) is 1.06. The van der Waals surface area contributed by atoms with Crippen molar-refractivity contribution in [2.24, 2.45) is 5.11 Å². The SMILES string of the molecule is [N-]=[N+]=NCC(=O)c1cccc(B(O)O)c1. The van der Waals surface area contributed by atoms with Gasteiger partial charge in [0.15, 0.2) is 5.78 Å². The third kappa shape index (κ3) is 3.10. The average Bonchev–Trinajstić information content (AvgIpc) is 2.26. The van der Waals surface area contributed by atoms with Gasteiger partial charge in [-0.05, 0) is 11.0 Å². The molecule has 0 aliphatic carbocycles. The van der Waals surface area contributed by atoms with E-state index in [1.54, 1.807) is 0 Å². The van der Waals surface area contributed by atoms with E-state index in [1.807, 2.05) is 0 Å². The lowest BCUT2D eigenvalue weighted by Crippen LogP contribution is -2.30. The number of hydrogen-bond donors (Lipinski definition) is 2. The maximum atomic E-state index is 11.4. The summed E-state index contributed by atoms with van der Waals surface area (Å²) in [6.07, 6.45) is 0. The summed E-state index contributed by atoms with van der Waals surface area (Å²) in [4.78, 5) is 13.8. The monoisotopic (exact) mass is 205 g/mol. The number of benzene rings is 1. The first-order chi connectivity index (χ1) is 7.15. The van der Waals surface area contributed by atoms with Crippen LogP contribution >= 0.6 is 0 Å². The number of azide groups is 1. The predicted octanol–water partition coefficient (Wildman–Crippen LogP) is -0.141. The van der Waals surface area contributed by atoms with Gasteiger partial charge in [-0.3, -0.25) is 4.79 Å². The van der Waals surface area contributed by atoms with Crippen LogP contribution in [-0.4, -0.2) is 29.5 Å².